The van der Waals surface area contributed by atoms with E-state index in [4.69, 9.17) is 4.74 Å². The lowest BCUT2D eigenvalue weighted by atomic mass is 10.1. The van der Waals surface area contributed by atoms with Crippen LogP contribution in [0.3, 0.4) is 0 Å². The van der Waals surface area contributed by atoms with Gasteiger partial charge in [0.2, 0.25) is 0 Å². The molecule has 0 atom stereocenters. The van der Waals surface area contributed by atoms with E-state index in [0.717, 1.165) is 27.6 Å². The van der Waals surface area contributed by atoms with Crippen molar-refractivity contribution in [1.82, 2.24) is 4.98 Å². The van der Waals surface area contributed by atoms with E-state index in [2.05, 4.69) is 4.98 Å². The summed E-state index contributed by atoms with van der Waals surface area (Å²) < 4.78 is 5.18. The maximum Gasteiger partial charge on any atom is 0.277 e. The lowest BCUT2D eigenvalue weighted by Crippen LogP contribution is -2.30. The number of aromatic nitrogens is 1. The summed E-state index contributed by atoms with van der Waals surface area (Å²) in [7, 11) is 1.65. The molecule has 3 rings (SSSR count). The van der Waals surface area contributed by atoms with Crippen LogP contribution in [0.15, 0.2) is 53.9 Å². The molecule has 0 saturated carbocycles. The van der Waals surface area contributed by atoms with Gasteiger partial charge in [-0.1, -0.05) is 24.3 Å². The van der Waals surface area contributed by atoms with Gasteiger partial charge in [0, 0.05) is 24.0 Å². The van der Waals surface area contributed by atoms with Crippen LogP contribution in [0.5, 0.6) is 5.75 Å². The number of thiazole rings is 1. The molecule has 4 nitrogen and oxygen atoms in total. The van der Waals surface area contributed by atoms with Crippen molar-refractivity contribution in [2.45, 2.75) is 20.3 Å². The number of ether oxygens (including phenoxy) is 1. The van der Waals surface area contributed by atoms with Gasteiger partial charge in [-0.3, -0.25) is 4.79 Å². The minimum atomic E-state index is -0.0599. The van der Waals surface area contributed by atoms with Crippen LogP contribution in [0, 0.1) is 6.92 Å². The third-order valence-electron chi connectivity index (χ3n) is 4.16. The van der Waals surface area contributed by atoms with Crippen LogP contribution < -0.4 is 9.64 Å². The average molecular weight is 366 g/mol. The molecule has 0 radical (unpaired) electrons. The normalized spacial score (nSPS) is 10.6. The number of aryl methyl sites for hydroxylation is 1. The monoisotopic (exact) mass is 366 g/mol. The first-order valence-corrected chi connectivity index (χ1v) is 9.44. The summed E-state index contributed by atoms with van der Waals surface area (Å²) in [5.74, 6) is 0.774. The third-order valence-corrected chi connectivity index (χ3v) is 5.01. The summed E-state index contributed by atoms with van der Waals surface area (Å²) in [5.41, 5.74) is 3.68. The van der Waals surface area contributed by atoms with Gasteiger partial charge in [-0.25, -0.2) is 4.98 Å². The maximum absolute atomic E-state index is 12.9. The minimum Gasteiger partial charge on any atom is -0.497 e. The SMILES string of the molecule is CCN(C(=O)c1csc(Cc2ccc(OC)cc2)n1)c1cccc(C)c1. The molecule has 0 fully saturated rings. The smallest absolute Gasteiger partial charge is 0.277 e. The highest BCUT2D eigenvalue weighted by Gasteiger charge is 2.19. The Labute approximate surface area is 158 Å². The first kappa shape index (κ1) is 18.1. The summed E-state index contributed by atoms with van der Waals surface area (Å²) in [6.45, 7) is 4.61. The molecule has 1 aromatic heterocycles. The van der Waals surface area contributed by atoms with Gasteiger partial charge in [-0.05, 0) is 49.2 Å². The predicted molar refractivity (Wildman–Crippen MR) is 106 cm³/mol. The molecule has 3 aromatic rings. The molecule has 26 heavy (non-hydrogen) atoms. The molecule has 1 heterocycles. The number of carbonyl (C=O) groups excluding carboxylic acids is 1. The van der Waals surface area contributed by atoms with E-state index in [9.17, 15) is 4.79 Å². The molecular weight excluding hydrogens is 344 g/mol. The Kier molecular flexibility index (Phi) is 5.68. The van der Waals surface area contributed by atoms with Crippen LogP contribution >= 0.6 is 11.3 Å². The van der Waals surface area contributed by atoms with Gasteiger partial charge in [0.1, 0.15) is 11.4 Å². The maximum atomic E-state index is 12.9. The Bertz CT molecular complexity index is 887. The highest BCUT2D eigenvalue weighted by Crippen LogP contribution is 2.21. The van der Waals surface area contributed by atoms with Crippen LogP contribution in [0.25, 0.3) is 0 Å². The van der Waals surface area contributed by atoms with Gasteiger partial charge in [-0.2, -0.15) is 0 Å². The molecule has 1 amide bonds. The topological polar surface area (TPSA) is 42.4 Å². The van der Waals surface area contributed by atoms with Gasteiger partial charge in [-0.15, -0.1) is 11.3 Å². The minimum absolute atomic E-state index is 0.0599. The van der Waals surface area contributed by atoms with Gasteiger partial charge >= 0.3 is 0 Å². The zero-order chi connectivity index (χ0) is 18.5. The van der Waals surface area contributed by atoms with Crippen molar-refractivity contribution in [3.8, 4) is 5.75 Å². The summed E-state index contributed by atoms with van der Waals surface area (Å²) in [6, 6.07) is 15.9. The zero-order valence-corrected chi connectivity index (χ0v) is 16.0. The predicted octanol–water partition coefficient (Wildman–Crippen LogP) is 4.72. The fourth-order valence-electron chi connectivity index (χ4n) is 2.79. The first-order chi connectivity index (χ1) is 12.6. The van der Waals surface area contributed by atoms with Crippen molar-refractivity contribution >= 4 is 22.9 Å². The van der Waals surface area contributed by atoms with Crippen molar-refractivity contribution in [3.05, 3.63) is 75.7 Å². The first-order valence-electron chi connectivity index (χ1n) is 8.56. The number of benzene rings is 2. The molecule has 0 spiro atoms. The Morgan fingerprint density at radius 2 is 1.96 bits per heavy atom. The molecule has 0 aliphatic carbocycles. The number of hydrogen-bond donors (Lipinski definition) is 0. The van der Waals surface area contributed by atoms with Crippen molar-refractivity contribution < 1.29 is 9.53 Å². The number of rotatable bonds is 6. The molecule has 5 heteroatoms. The second-order valence-corrected chi connectivity index (χ2v) is 6.98. The van der Waals surface area contributed by atoms with Gasteiger partial charge in [0.05, 0.1) is 12.1 Å². The van der Waals surface area contributed by atoms with Crippen LogP contribution in [-0.2, 0) is 6.42 Å². The van der Waals surface area contributed by atoms with Crippen molar-refractivity contribution in [3.63, 3.8) is 0 Å². The van der Waals surface area contributed by atoms with Crippen molar-refractivity contribution in [1.29, 1.82) is 0 Å². The Morgan fingerprint density at radius 3 is 2.62 bits per heavy atom. The summed E-state index contributed by atoms with van der Waals surface area (Å²) >= 11 is 1.52. The lowest BCUT2D eigenvalue weighted by molar-refractivity contribution is 0.0984. The fraction of sp³-hybridized carbons (Fsp3) is 0.238. The number of carbonyl (C=O) groups is 1. The molecule has 0 unspecified atom stereocenters. The van der Waals surface area contributed by atoms with Crippen molar-refractivity contribution in [2.75, 3.05) is 18.6 Å². The van der Waals surface area contributed by atoms with Crippen LogP contribution in [-0.4, -0.2) is 24.5 Å². The van der Waals surface area contributed by atoms with Crippen LogP contribution in [0.1, 0.15) is 33.5 Å². The number of methoxy groups -OCH3 is 1. The van der Waals surface area contributed by atoms with E-state index in [1.165, 1.54) is 11.3 Å². The van der Waals surface area contributed by atoms with E-state index >= 15 is 0 Å². The number of amides is 1. The number of hydrogen-bond acceptors (Lipinski definition) is 4. The summed E-state index contributed by atoms with van der Waals surface area (Å²) in [4.78, 5) is 19.2. The van der Waals surface area contributed by atoms with Gasteiger partial charge in [0.25, 0.3) is 5.91 Å². The highest BCUT2D eigenvalue weighted by atomic mass is 32.1. The Balaban J connectivity index is 1.76. The van der Waals surface area contributed by atoms with Crippen molar-refractivity contribution in [2.24, 2.45) is 0 Å². The summed E-state index contributed by atoms with van der Waals surface area (Å²) in [6.07, 6.45) is 0.707. The lowest BCUT2D eigenvalue weighted by Gasteiger charge is -2.20. The number of anilines is 1. The van der Waals surface area contributed by atoms with E-state index in [1.807, 2.05) is 67.8 Å². The second-order valence-electron chi connectivity index (χ2n) is 6.04. The standard InChI is InChI=1S/C21H22N2O2S/c1-4-23(17-7-5-6-15(2)12-17)21(24)19-14-26-20(22-19)13-16-8-10-18(25-3)11-9-16/h5-12,14H,4,13H2,1-3H3. The molecule has 0 saturated heterocycles. The van der Waals surface area contributed by atoms with E-state index in [-0.39, 0.29) is 5.91 Å². The van der Waals surface area contributed by atoms with Gasteiger partial charge in [0.15, 0.2) is 0 Å². The Hall–Kier alpha value is -2.66. The zero-order valence-electron chi connectivity index (χ0n) is 15.2. The molecule has 0 N–H and O–H groups in total. The molecule has 0 bridgehead atoms. The third kappa shape index (κ3) is 4.11. The second kappa shape index (κ2) is 8.15. The molecule has 134 valence electrons. The highest BCUT2D eigenvalue weighted by molar-refractivity contribution is 7.09. The van der Waals surface area contributed by atoms with E-state index in [0.29, 0.717) is 18.7 Å². The molecule has 0 aliphatic rings. The summed E-state index contributed by atoms with van der Waals surface area (Å²) in [5, 5.41) is 2.78. The Morgan fingerprint density at radius 1 is 1.19 bits per heavy atom. The largest absolute Gasteiger partial charge is 0.497 e. The molecular formula is C21H22N2O2S. The quantitative estimate of drug-likeness (QED) is 0.634. The van der Waals surface area contributed by atoms with E-state index < -0.39 is 0 Å². The fourth-order valence-corrected chi connectivity index (χ4v) is 3.59. The average Bonchev–Trinajstić information content (AvgIpc) is 3.11. The van der Waals surface area contributed by atoms with Crippen LogP contribution in [0.2, 0.25) is 0 Å². The van der Waals surface area contributed by atoms with E-state index in [1.54, 1.807) is 12.0 Å². The number of nitrogens with zero attached hydrogens (tertiary/aromatic N) is 2. The van der Waals surface area contributed by atoms with Crippen LogP contribution in [0.4, 0.5) is 5.69 Å². The van der Waals surface area contributed by atoms with Gasteiger partial charge < -0.3 is 9.64 Å². The molecule has 2 aromatic carbocycles. The molecule has 0 aliphatic heterocycles.